The SMILES string of the molecule is c1ccc(-c2cccc3c2oc2ccccc23)c(-c2ccc(N(c3cccc4ccccc34)c3cccc4ccccc34)cc2)c1. The Hall–Kier alpha value is -6.12. The molecule has 0 aliphatic rings. The first-order valence-corrected chi connectivity index (χ1v) is 15.7. The van der Waals surface area contributed by atoms with Crippen molar-refractivity contribution in [3.05, 3.63) is 176 Å². The number of hydrogen-bond donors (Lipinski definition) is 0. The van der Waals surface area contributed by atoms with E-state index in [1.807, 2.05) is 12.1 Å². The van der Waals surface area contributed by atoms with Gasteiger partial charge in [-0.3, -0.25) is 0 Å². The zero-order valence-corrected chi connectivity index (χ0v) is 25.1. The van der Waals surface area contributed by atoms with Crippen molar-refractivity contribution in [1.29, 1.82) is 0 Å². The highest BCUT2D eigenvalue weighted by molar-refractivity contribution is 6.11. The quantitative estimate of drug-likeness (QED) is 0.199. The standard InChI is InChI=1S/C44H29NO/c1-3-17-35-30(12-1)14-9-23-41(35)45(42-24-10-15-31-13-2-4-18-36(31)42)33-28-26-32(27-29-33)34-16-5-6-19-37(34)39-21-11-22-40-38-20-7-8-25-43(38)46-44(39)40/h1-29H. The summed E-state index contributed by atoms with van der Waals surface area (Å²) in [4.78, 5) is 2.40. The highest BCUT2D eigenvalue weighted by Gasteiger charge is 2.19. The molecule has 0 aliphatic heterocycles. The van der Waals surface area contributed by atoms with Gasteiger partial charge in [-0.1, -0.05) is 146 Å². The van der Waals surface area contributed by atoms with E-state index in [0.717, 1.165) is 55.7 Å². The summed E-state index contributed by atoms with van der Waals surface area (Å²) in [6.07, 6.45) is 0. The fraction of sp³-hybridized carbons (Fsp3) is 0. The Bertz CT molecular complexity index is 2450. The largest absolute Gasteiger partial charge is 0.455 e. The molecule has 46 heavy (non-hydrogen) atoms. The van der Waals surface area contributed by atoms with Gasteiger partial charge in [-0.25, -0.2) is 0 Å². The third-order valence-electron chi connectivity index (χ3n) is 9.07. The van der Waals surface area contributed by atoms with Crippen LogP contribution in [-0.4, -0.2) is 0 Å². The van der Waals surface area contributed by atoms with Crippen LogP contribution in [0.4, 0.5) is 17.1 Å². The molecule has 2 heteroatoms. The molecule has 0 aliphatic carbocycles. The number of fused-ring (bicyclic) bond motifs is 5. The van der Waals surface area contributed by atoms with E-state index in [4.69, 9.17) is 4.42 Å². The molecule has 0 N–H and O–H groups in total. The lowest BCUT2D eigenvalue weighted by Gasteiger charge is -2.28. The Morgan fingerprint density at radius 3 is 1.54 bits per heavy atom. The number of hydrogen-bond acceptors (Lipinski definition) is 2. The molecule has 8 aromatic carbocycles. The van der Waals surface area contributed by atoms with Crippen LogP contribution in [0.15, 0.2) is 180 Å². The van der Waals surface area contributed by atoms with E-state index in [-0.39, 0.29) is 0 Å². The normalized spacial score (nSPS) is 11.5. The Balaban J connectivity index is 1.21. The minimum Gasteiger partial charge on any atom is -0.455 e. The van der Waals surface area contributed by atoms with Crippen LogP contribution in [0.1, 0.15) is 0 Å². The van der Waals surface area contributed by atoms with Gasteiger partial charge < -0.3 is 9.32 Å². The molecule has 1 heterocycles. The molecule has 0 unspecified atom stereocenters. The number of benzene rings is 8. The molecular formula is C44H29NO. The maximum Gasteiger partial charge on any atom is 0.143 e. The van der Waals surface area contributed by atoms with E-state index >= 15 is 0 Å². The maximum atomic E-state index is 6.44. The number of rotatable bonds is 5. The molecule has 0 radical (unpaired) electrons. The molecular weight excluding hydrogens is 558 g/mol. The van der Waals surface area contributed by atoms with Gasteiger partial charge in [-0.15, -0.1) is 0 Å². The van der Waals surface area contributed by atoms with E-state index in [0.29, 0.717) is 0 Å². The zero-order chi connectivity index (χ0) is 30.5. The highest BCUT2D eigenvalue weighted by Crippen LogP contribution is 2.44. The van der Waals surface area contributed by atoms with Crippen LogP contribution < -0.4 is 4.90 Å². The van der Waals surface area contributed by atoms with Crippen molar-refractivity contribution in [2.75, 3.05) is 4.90 Å². The first-order valence-electron chi connectivity index (χ1n) is 15.7. The fourth-order valence-corrected chi connectivity index (χ4v) is 6.93. The Kier molecular flexibility index (Phi) is 6.17. The molecule has 9 rings (SSSR count). The van der Waals surface area contributed by atoms with Crippen LogP contribution in [0.3, 0.4) is 0 Å². The van der Waals surface area contributed by atoms with Crippen LogP contribution in [0.25, 0.3) is 65.7 Å². The topological polar surface area (TPSA) is 16.4 Å². The Labute approximate surface area is 267 Å². The van der Waals surface area contributed by atoms with Crippen molar-refractivity contribution in [1.82, 2.24) is 0 Å². The third kappa shape index (κ3) is 4.27. The van der Waals surface area contributed by atoms with Crippen molar-refractivity contribution in [3.8, 4) is 22.3 Å². The van der Waals surface area contributed by atoms with Crippen LogP contribution >= 0.6 is 0 Å². The van der Waals surface area contributed by atoms with Crippen molar-refractivity contribution in [2.24, 2.45) is 0 Å². The van der Waals surface area contributed by atoms with Gasteiger partial charge in [0, 0.05) is 32.8 Å². The van der Waals surface area contributed by atoms with Gasteiger partial charge in [0.1, 0.15) is 11.2 Å². The van der Waals surface area contributed by atoms with Crippen LogP contribution in [0.5, 0.6) is 0 Å². The van der Waals surface area contributed by atoms with Gasteiger partial charge in [0.05, 0.1) is 11.4 Å². The van der Waals surface area contributed by atoms with Gasteiger partial charge in [-0.05, 0) is 57.8 Å². The molecule has 0 saturated carbocycles. The third-order valence-corrected chi connectivity index (χ3v) is 9.07. The van der Waals surface area contributed by atoms with Crippen molar-refractivity contribution < 1.29 is 4.42 Å². The Morgan fingerprint density at radius 2 is 0.848 bits per heavy atom. The predicted octanol–water partition coefficient (Wildman–Crippen LogP) is 12.7. The van der Waals surface area contributed by atoms with Crippen LogP contribution in [0.2, 0.25) is 0 Å². The Morgan fingerprint density at radius 1 is 0.348 bits per heavy atom. The molecule has 0 bridgehead atoms. The minimum atomic E-state index is 0.911. The summed E-state index contributed by atoms with van der Waals surface area (Å²) in [5.74, 6) is 0. The van der Waals surface area contributed by atoms with E-state index < -0.39 is 0 Å². The van der Waals surface area contributed by atoms with E-state index in [9.17, 15) is 0 Å². The molecule has 216 valence electrons. The average molecular weight is 588 g/mol. The summed E-state index contributed by atoms with van der Waals surface area (Å²) in [5.41, 5.74) is 9.82. The molecule has 0 fully saturated rings. The second kappa shape index (κ2) is 10.8. The zero-order valence-electron chi connectivity index (χ0n) is 25.1. The molecule has 9 aromatic rings. The maximum absolute atomic E-state index is 6.44. The van der Waals surface area contributed by atoms with Crippen molar-refractivity contribution in [2.45, 2.75) is 0 Å². The number of furan rings is 1. The smallest absolute Gasteiger partial charge is 0.143 e. The van der Waals surface area contributed by atoms with Gasteiger partial charge in [0.25, 0.3) is 0 Å². The molecule has 0 spiro atoms. The lowest BCUT2D eigenvalue weighted by Crippen LogP contribution is -2.11. The molecule has 0 amide bonds. The van der Waals surface area contributed by atoms with Crippen molar-refractivity contribution in [3.63, 3.8) is 0 Å². The average Bonchev–Trinajstić information content (AvgIpc) is 3.51. The molecule has 2 nitrogen and oxygen atoms in total. The van der Waals surface area contributed by atoms with Crippen LogP contribution in [0, 0.1) is 0 Å². The predicted molar refractivity (Wildman–Crippen MR) is 194 cm³/mol. The second-order valence-electron chi connectivity index (χ2n) is 11.7. The first-order chi connectivity index (χ1) is 22.8. The fourth-order valence-electron chi connectivity index (χ4n) is 6.93. The lowest BCUT2D eigenvalue weighted by atomic mass is 9.93. The number of anilines is 3. The summed E-state index contributed by atoms with van der Waals surface area (Å²) < 4.78 is 6.44. The first kappa shape index (κ1) is 26.3. The molecule has 0 atom stereocenters. The summed E-state index contributed by atoms with van der Waals surface area (Å²) >= 11 is 0. The van der Waals surface area contributed by atoms with E-state index in [2.05, 4.69) is 169 Å². The minimum absolute atomic E-state index is 0.911. The summed E-state index contributed by atoms with van der Waals surface area (Å²) in [6, 6.07) is 62.7. The number of nitrogens with zero attached hydrogens (tertiary/aromatic N) is 1. The van der Waals surface area contributed by atoms with E-state index in [1.54, 1.807) is 0 Å². The monoisotopic (exact) mass is 587 g/mol. The van der Waals surface area contributed by atoms with Gasteiger partial charge in [0.15, 0.2) is 0 Å². The molecule has 0 saturated heterocycles. The van der Waals surface area contributed by atoms with Gasteiger partial charge in [-0.2, -0.15) is 0 Å². The summed E-state index contributed by atoms with van der Waals surface area (Å²) in [7, 11) is 0. The summed E-state index contributed by atoms with van der Waals surface area (Å²) in [5, 5.41) is 7.14. The van der Waals surface area contributed by atoms with Gasteiger partial charge >= 0.3 is 0 Å². The van der Waals surface area contributed by atoms with Crippen LogP contribution in [-0.2, 0) is 0 Å². The number of para-hydroxylation sites is 2. The summed E-state index contributed by atoms with van der Waals surface area (Å²) in [6.45, 7) is 0. The van der Waals surface area contributed by atoms with E-state index in [1.165, 1.54) is 27.1 Å². The lowest BCUT2D eigenvalue weighted by molar-refractivity contribution is 0.670. The van der Waals surface area contributed by atoms with Crippen molar-refractivity contribution >= 4 is 60.5 Å². The highest BCUT2D eigenvalue weighted by atomic mass is 16.3. The molecule has 1 aromatic heterocycles. The van der Waals surface area contributed by atoms with Gasteiger partial charge in [0.2, 0.25) is 0 Å². The second-order valence-corrected chi connectivity index (χ2v) is 11.7.